The van der Waals surface area contributed by atoms with Gasteiger partial charge < -0.3 is 15.2 Å². The molecule has 1 amide bonds. The number of hydrogen-bond donors (Lipinski definition) is 2. The van der Waals surface area contributed by atoms with Crippen molar-refractivity contribution in [2.45, 2.75) is 19.9 Å². The molecule has 98 valence electrons. The third-order valence-electron chi connectivity index (χ3n) is 2.19. The standard InChI is InChI=1S/C12H14FNO4/c1-7-3-4-9(13)10(5-7)18-6-11(15)14-8(2)12(16)17/h3-5,8H,6H2,1-2H3,(H,14,15)(H,16,17)/t8-/m0/s1. The number of carboxylic acids is 1. The first-order valence-electron chi connectivity index (χ1n) is 5.31. The average Bonchev–Trinajstić information content (AvgIpc) is 2.30. The van der Waals surface area contributed by atoms with Gasteiger partial charge in [-0.15, -0.1) is 0 Å². The molecule has 0 heterocycles. The number of aryl methyl sites for hydroxylation is 1. The molecule has 0 aliphatic carbocycles. The zero-order chi connectivity index (χ0) is 13.7. The summed E-state index contributed by atoms with van der Waals surface area (Å²) in [7, 11) is 0. The first-order chi connectivity index (χ1) is 8.40. The summed E-state index contributed by atoms with van der Waals surface area (Å²) >= 11 is 0. The lowest BCUT2D eigenvalue weighted by Gasteiger charge is -2.11. The van der Waals surface area contributed by atoms with Gasteiger partial charge in [-0.05, 0) is 31.5 Å². The Morgan fingerprint density at radius 1 is 1.50 bits per heavy atom. The number of carbonyl (C=O) groups excluding carboxylic acids is 1. The van der Waals surface area contributed by atoms with Crippen LogP contribution in [0.5, 0.6) is 5.75 Å². The molecule has 0 saturated carbocycles. The van der Waals surface area contributed by atoms with Gasteiger partial charge in [-0.25, -0.2) is 4.39 Å². The number of hydrogen-bond acceptors (Lipinski definition) is 3. The summed E-state index contributed by atoms with van der Waals surface area (Å²) in [5.41, 5.74) is 0.797. The molecule has 6 heteroatoms. The van der Waals surface area contributed by atoms with Crippen LogP contribution in [-0.4, -0.2) is 29.6 Å². The van der Waals surface area contributed by atoms with Crippen molar-refractivity contribution in [3.05, 3.63) is 29.6 Å². The van der Waals surface area contributed by atoms with E-state index >= 15 is 0 Å². The van der Waals surface area contributed by atoms with E-state index in [1.54, 1.807) is 13.0 Å². The Balaban J connectivity index is 2.52. The average molecular weight is 255 g/mol. The Bertz CT molecular complexity index is 461. The van der Waals surface area contributed by atoms with Gasteiger partial charge in [0.1, 0.15) is 6.04 Å². The van der Waals surface area contributed by atoms with E-state index in [1.807, 2.05) is 0 Å². The Labute approximate surface area is 104 Å². The van der Waals surface area contributed by atoms with E-state index in [2.05, 4.69) is 5.32 Å². The molecule has 1 atom stereocenters. The van der Waals surface area contributed by atoms with Crippen molar-refractivity contribution in [2.75, 3.05) is 6.61 Å². The van der Waals surface area contributed by atoms with Gasteiger partial charge in [0.15, 0.2) is 18.2 Å². The van der Waals surface area contributed by atoms with Crippen molar-refractivity contribution in [1.29, 1.82) is 0 Å². The van der Waals surface area contributed by atoms with Crippen LogP contribution in [-0.2, 0) is 9.59 Å². The number of halogens is 1. The molecular weight excluding hydrogens is 241 g/mol. The van der Waals surface area contributed by atoms with Gasteiger partial charge in [-0.2, -0.15) is 0 Å². The molecule has 18 heavy (non-hydrogen) atoms. The minimum atomic E-state index is -1.15. The van der Waals surface area contributed by atoms with Crippen LogP contribution in [0.4, 0.5) is 4.39 Å². The van der Waals surface area contributed by atoms with Crippen LogP contribution in [0.1, 0.15) is 12.5 Å². The Hall–Kier alpha value is -2.11. The van der Waals surface area contributed by atoms with E-state index in [0.717, 1.165) is 5.56 Å². The Morgan fingerprint density at radius 2 is 2.17 bits per heavy atom. The van der Waals surface area contributed by atoms with Gasteiger partial charge in [-0.1, -0.05) is 6.07 Å². The second kappa shape index (κ2) is 6.00. The van der Waals surface area contributed by atoms with Crippen LogP contribution < -0.4 is 10.1 Å². The monoisotopic (exact) mass is 255 g/mol. The van der Waals surface area contributed by atoms with Crippen molar-refractivity contribution >= 4 is 11.9 Å². The number of nitrogens with one attached hydrogen (secondary N) is 1. The van der Waals surface area contributed by atoms with Crippen molar-refractivity contribution in [2.24, 2.45) is 0 Å². The molecule has 1 aromatic rings. The van der Waals surface area contributed by atoms with Crippen LogP contribution in [0.15, 0.2) is 18.2 Å². The van der Waals surface area contributed by atoms with Gasteiger partial charge in [0.05, 0.1) is 0 Å². The van der Waals surface area contributed by atoms with Gasteiger partial charge in [0.2, 0.25) is 0 Å². The Kier molecular flexibility index (Phi) is 4.65. The topological polar surface area (TPSA) is 75.6 Å². The van der Waals surface area contributed by atoms with E-state index < -0.39 is 30.3 Å². The fraction of sp³-hybridized carbons (Fsp3) is 0.333. The maximum atomic E-state index is 13.3. The number of rotatable bonds is 5. The molecule has 0 unspecified atom stereocenters. The minimum absolute atomic E-state index is 0.0341. The van der Waals surface area contributed by atoms with Gasteiger partial charge in [-0.3, -0.25) is 9.59 Å². The fourth-order valence-corrected chi connectivity index (χ4v) is 1.21. The second-order valence-electron chi connectivity index (χ2n) is 3.85. The molecule has 0 saturated heterocycles. The number of benzene rings is 1. The molecular formula is C12H14FNO4. The minimum Gasteiger partial charge on any atom is -0.481 e. The lowest BCUT2D eigenvalue weighted by atomic mass is 10.2. The molecule has 2 N–H and O–H groups in total. The van der Waals surface area contributed by atoms with Crippen molar-refractivity contribution in [3.8, 4) is 5.75 Å². The summed E-state index contributed by atoms with van der Waals surface area (Å²) < 4.78 is 18.2. The number of ether oxygens (including phenoxy) is 1. The molecule has 0 bridgehead atoms. The highest BCUT2D eigenvalue weighted by molar-refractivity contribution is 5.84. The molecule has 1 rings (SSSR count). The highest BCUT2D eigenvalue weighted by atomic mass is 19.1. The van der Waals surface area contributed by atoms with Crippen LogP contribution in [0.3, 0.4) is 0 Å². The van der Waals surface area contributed by atoms with Gasteiger partial charge >= 0.3 is 5.97 Å². The summed E-state index contributed by atoms with van der Waals surface area (Å²) in [5, 5.41) is 10.8. The van der Waals surface area contributed by atoms with E-state index in [-0.39, 0.29) is 5.75 Å². The maximum Gasteiger partial charge on any atom is 0.325 e. The molecule has 0 spiro atoms. The van der Waals surface area contributed by atoms with Gasteiger partial charge in [0, 0.05) is 0 Å². The third kappa shape index (κ3) is 4.04. The second-order valence-corrected chi connectivity index (χ2v) is 3.85. The zero-order valence-electron chi connectivity index (χ0n) is 10.1. The van der Waals surface area contributed by atoms with Crippen molar-refractivity contribution in [1.82, 2.24) is 5.32 Å². The number of carbonyl (C=O) groups is 2. The van der Waals surface area contributed by atoms with Crippen molar-refractivity contribution in [3.63, 3.8) is 0 Å². The predicted octanol–water partition coefficient (Wildman–Crippen LogP) is 1.10. The SMILES string of the molecule is Cc1ccc(F)c(OCC(=O)N[C@@H](C)C(=O)O)c1. The number of carboxylic acid groups (broad SMARTS) is 1. The summed E-state index contributed by atoms with van der Waals surface area (Å²) in [6.07, 6.45) is 0. The third-order valence-corrected chi connectivity index (χ3v) is 2.19. The molecule has 0 fully saturated rings. The van der Waals surface area contributed by atoms with E-state index in [0.29, 0.717) is 0 Å². The van der Waals surface area contributed by atoms with Crippen LogP contribution >= 0.6 is 0 Å². The van der Waals surface area contributed by atoms with Crippen LogP contribution in [0.2, 0.25) is 0 Å². The van der Waals surface area contributed by atoms with E-state index in [4.69, 9.17) is 9.84 Å². The number of aliphatic carboxylic acids is 1. The molecule has 0 aliphatic rings. The smallest absolute Gasteiger partial charge is 0.325 e. The summed E-state index contributed by atoms with van der Waals surface area (Å²) in [4.78, 5) is 21.8. The summed E-state index contributed by atoms with van der Waals surface area (Å²) in [6, 6.07) is 3.27. The van der Waals surface area contributed by atoms with E-state index in [1.165, 1.54) is 19.1 Å². The molecule has 0 aromatic heterocycles. The predicted molar refractivity (Wildman–Crippen MR) is 61.9 cm³/mol. The number of amides is 1. The van der Waals surface area contributed by atoms with Crippen molar-refractivity contribution < 1.29 is 23.8 Å². The fourth-order valence-electron chi connectivity index (χ4n) is 1.21. The molecule has 5 nitrogen and oxygen atoms in total. The first kappa shape index (κ1) is 14.0. The molecule has 0 radical (unpaired) electrons. The highest BCUT2D eigenvalue weighted by Crippen LogP contribution is 2.17. The van der Waals surface area contributed by atoms with E-state index in [9.17, 15) is 14.0 Å². The lowest BCUT2D eigenvalue weighted by molar-refractivity contribution is -0.141. The normalized spacial score (nSPS) is 11.7. The lowest BCUT2D eigenvalue weighted by Crippen LogP contribution is -2.40. The Morgan fingerprint density at radius 3 is 2.78 bits per heavy atom. The van der Waals surface area contributed by atoms with Crippen LogP contribution in [0.25, 0.3) is 0 Å². The molecule has 1 aromatic carbocycles. The van der Waals surface area contributed by atoms with Gasteiger partial charge in [0.25, 0.3) is 5.91 Å². The largest absolute Gasteiger partial charge is 0.481 e. The summed E-state index contributed by atoms with van der Waals surface area (Å²) in [5.74, 6) is -2.37. The maximum absolute atomic E-state index is 13.3. The van der Waals surface area contributed by atoms with Crippen LogP contribution in [0, 0.1) is 12.7 Å². The summed E-state index contributed by atoms with van der Waals surface area (Å²) in [6.45, 7) is 2.66. The highest BCUT2D eigenvalue weighted by Gasteiger charge is 2.14. The molecule has 0 aliphatic heterocycles. The quantitative estimate of drug-likeness (QED) is 0.826. The zero-order valence-corrected chi connectivity index (χ0v) is 10.1. The first-order valence-corrected chi connectivity index (χ1v) is 5.31.